The minimum absolute atomic E-state index is 1.14. The van der Waals surface area contributed by atoms with Crippen LogP contribution in [-0.4, -0.2) is 9.97 Å². The lowest BCUT2D eigenvalue weighted by atomic mass is 9.81. The van der Waals surface area contributed by atoms with Crippen LogP contribution in [0.1, 0.15) is 0 Å². The van der Waals surface area contributed by atoms with Crippen LogP contribution in [0.2, 0.25) is 0 Å². The van der Waals surface area contributed by atoms with Crippen LogP contribution in [0, 0.1) is 0 Å². The molecule has 54 heavy (non-hydrogen) atoms. The Morgan fingerprint density at radius 1 is 0.241 bits per heavy atom. The number of hydrogen-bond acceptors (Lipinski definition) is 2. The Morgan fingerprint density at radius 2 is 0.630 bits per heavy atom. The average Bonchev–Trinajstić information content (AvgIpc) is 3.26. The first-order valence-corrected chi connectivity index (χ1v) is 18.4. The molecule has 0 aliphatic rings. The summed E-state index contributed by atoms with van der Waals surface area (Å²) < 4.78 is 0. The van der Waals surface area contributed by atoms with E-state index in [1.807, 2.05) is 24.8 Å². The van der Waals surface area contributed by atoms with Crippen molar-refractivity contribution in [2.75, 3.05) is 0 Å². The summed E-state index contributed by atoms with van der Waals surface area (Å²) in [6.45, 7) is 0. The first-order chi connectivity index (χ1) is 26.8. The van der Waals surface area contributed by atoms with Crippen molar-refractivity contribution in [3.8, 4) is 66.8 Å². The van der Waals surface area contributed by atoms with E-state index in [0.29, 0.717) is 0 Å². The van der Waals surface area contributed by atoms with Crippen LogP contribution in [0.4, 0.5) is 0 Å². The standard InChI is InChI=1S/C52H34N2/c1-3-11-35(12-4-1)41-19-21-45(47(31-41)37-23-27-53-28-24-37)51-43-17-9-10-18-44(43)52(50-34-40-16-8-7-15-39(40)33-49(50)51)46-22-20-42(36-13-5-2-6-14-36)32-48(46)38-25-29-54-30-26-38/h1-34H. The van der Waals surface area contributed by atoms with Gasteiger partial charge in [0.2, 0.25) is 0 Å². The van der Waals surface area contributed by atoms with Crippen LogP contribution >= 0.6 is 0 Å². The molecule has 0 radical (unpaired) electrons. The van der Waals surface area contributed by atoms with Gasteiger partial charge >= 0.3 is 0 Å². The SMILES string of the molecule is c1ccc(-c2ccc(-c3c4ccccc4c(-c4ccc(-c5ccccc5)cc4-c4ccncc4)c4cc5ccccc5cc34)c(-c3ccncc3)c2)cc1. The monoisotopic (exact) mass is 686 g/mol. The van der Waals surface area contributed by atoms with Crippen molar-refractivity contribution in [3.05, 3.63) is 207 Å². The minimum Gasteiger partial charge on any atom is -0.265 e. The van der Waals surface area contributed by atoms with E-state index in [9.17, 15) is 0 Å². The molecule has 2 heterocycles. The van der Waals surface area contributed by atoms with Crippen molar-refractivity contribution < 1.29 is 0 Å². The third-order valence-electron chi connectivity index (χ3n) is 10.7. The van der Waals surface area contributed by atoms with Gasteiger partial charge in [-0.2, -0.15) is 0 Å². The predicted molar refractivity (Wildman–Crippen MR) is 227 cm³/mol. The fraction of sp³-hybridized carbons (Fsp3) is 0. The Kier molecular flexibility index (Phi) is 7.85. The molecule has 252 valence electrons. The Hall–Kier alpha value is -7.16. The second-order valence-corrected chi connectivity index (χ2v) is 13.8. The van der Waals surface area contributed by atoms with Crippen molar-refractivity contribution in [1.82, 2.24) is 9.97 Å². The van der Waals surface area contributed by atoms with E-state index in [2.05, 4.69) is 192 Å². The summed E-state index contributed by atoms with van der Waals surface area (Å²) in [5.41, 5.74) is 14.2. The van der Waals surface area contributed by atoms with Crippen LogP contribution in [0.5, 0.6) is 0 Å². The van der Waals surface area contributed by atoms with Crippen molar-refractivity contribution in [2.24, 2.45) is 0 Å². The van der Waals surface area contributed by atoms with Crippen molar-refractivity contribution in [2.45, 2.75) is 0 Å². The van der Waals surface area contributed by atoms with Gasteiger partial charge < -0.3 is 0 Å². The molecule has 0 aliphatic carbocycles. The highest BCUT2D eigenvalue weighted by Crippen LogP contribution is 2.49. The van der Waals surface area contributed by atoms with Crippen LogP contribution in [0.15, 0.2) is 207 Å². The molecule has 2 aromatic heterocycles. The van der Waals surface area contributed by atoms with Gasteiger partial charge in [-0.05, 0) is 148 Å². The molecule has 0 amide bonds. The van der Waals surface area contributed by atoms with Crippen molar-refractivity contribution in [1.29, 1.82) is 0 Å². The number of pyridine rings is 2. The maximum atomic E-state index is 4.39. The number of fused-ring (bicyclic) bond motifs is 3. The normalized spacial score (nSPS) is 11.3. The molecule has 2 nitrogen and oxygen atoms in total. The second kappa shape index (κ2) is 13.4. The fourth-order valence-electron chi connectivity index (χ4n) is 8.13. The van der Waals surface area contributed by atoms with Crippen molar-refractivity contribution >= 4 is 32.3 Å². The van der Waals surface area contributed by atoms with E-state index >= 15 is 0 Å². The maximum absolute atomic E-state index is 4.39. The average molecular weight is 687 g/mol. The van der Waals surface area contributed by atoms with Crippen LogP contribution < -0.4 is 0 Å². The summed E-state index contributed by atoms with van der Waals surface area (Å²) in [4.78, 5) is 8.78. The lowest BCUT2D eigenvalue weighted by Gasteiger charge is -2.22. The Labute approximate surface area is 314 Å². The van der Waals surface area contributed by atoms with Crippen molar-refractivity contribution in [3.63, 3.8) is 0 Å². The molecule has 0 bridgehead atoms. The first kappa shape index (κ1) is 31.6. The van der Waals surface area contributed by atoms with Gasteiger partial charge in [-0.15, -0.1) is 0 Å². The second-order valence-electron chi connectivity index (χ2n) is 13.8. The van der Waals surface area contributed by atoms with Crippen LogP contribution in [0.3, 0.4) is 0 Å². The molecule has 0 saturated carbocycles. The molecule has 10 aromatic rings. The highest BCUT2D eigenvalue weighted by molar-refractivity contribution is 6.25. The largest absolute Gasteiger partial charge is 0.265 e. The fourth-order valence-corrected chi connectivity index (χ4v) is 8.13. The molecule has 0 N–H and O–H groups in total. The number of hydrogen-bond donors (Lipinski definition) is 0. The molecule has 0 saturated heterocycles. The van der Waals surface area contributed by atoms with Crippen LogP contribution in [0.25, 0.3) is 99.1 Å². The van der Waals surface area contributed by atoms with Gasteiger partial charge in [0, 0.05) is 24.8 Å². The summed E-state index contributed by atoms with van der Waals surface area (Å²) in [5, 5.41) is 7.30. The number of nitrogens with zero attached hydrogens (tertiary/aromatic N) is 2. The number of aromatic nitrogens is 2. The molecule has 0 unspecified atom stereocenters. The Bertz CT molecular complexity index is 2750. The van der Waals surface area contributed by atoms with Gasteiger partial charge in [0.15, 0.2) is 0 Å². The lowest BCUT2D eigenvalue weighted by molar-refractivity contribution is 1.33. The molecular weight excluding hydrogens is 653 g/mol. The van der Waals surface area contributed by atoms with E-state index in [0.717, 1.165) is 11.1 Å². The zero-order valence-corrected chi connectivity index (χ0v) is 29.5. The minimum atomic E-state index is 1.14. The molecule has 0 fully saturated rings. The van der Waals surface area contributed by atoms with E-state index < -0.39 is 0 Å². The molecule has 8 aromatic carbocycles. The van der Waals surface area contributed by atoms with Crippen LogP contribution in [-0.2, 0) is 0 Å². The highest BCUT2D eigenvalue weighted by atomic mass is 14.6. The smallest absolute Gasteiger partial charge is 0.0273 e. The third kappa shape index (κ3) is 5.53. The van der Waals surface area contributed by atoms with E-state index in [4.69, 9.17) is 0 Å². The maximum Gasteiger partial charge on any atom is 0.0273 e. The summed E-state index contributed by atoms with van der Waals surface area (Å²) >= 11 is 0. The molecule has 2 heteroatoms. The Balaban J connectivity index is 1.33. The van der Waals surface area contributed by atoms with Gasteiger partial charge in [-0.3, -0.25) is 9.97 Å². The van der Waals surface area contributed by atoms with Gasteiger partial charge in [0.05, 0.1) is 0 Å². The van der Waals surface area contributed by atoms with Gasteiger partial charge in [0.25, 0.3) is 0 Å². The first-order valence-electron chi connectivity index (χ1n) is 18.4. The quantitative estimate of drug-likeness (QED) is 0.163. The molecule has 0 atom stereocenters. The van der Waals surface area contributed by atoms with E-state index in [-0.39, 0.29) is 0 Å². The lowest BCUT2D eigenvalue weighted by Crippen LogP contribution is -1.95. The molecule has 10 rings (SSSR count). The number of rotatable bonds is 6. The van der Waals surface area contributed by atoms with Gasteiger partial charge in [-0.25, -0.2) is 0 Å². The number of benzene rings is 8. The summed E-state index contributed by atoms with van der Waals surface area (Å²) in [6, 6.07) is 66.1. The zero-order chi connectivity index (χ0) is 35.8. The van der Waals surface area contributed by atoms with E-state index in [1.54, 1.807) is 0 Å². The summed E-state index contributed by atoms with van der Waals surface area (Å²) in [6.07, 6.45) is 7.56. The van der Waals surface area contributed by atoms with Gasteiger partial charge in [0.1, 0.15) is 0 Å². The predicted octanol–water partition coefficient (Wildman–Crippen LogP) is 13.9. The third-order valence-corrected chi connectivity index (χ3v) is 10.7. The highest BCUT2D eigenvalue weighted by Gasteiger charge is 2.22. The summed E-state index contributed by atoms with van der Waals surface area (Å²) in [5.74, 6) is 0. The molecular formula is C52H34N2. The van der Waals surface area contributed by atoms with E-state index in [1.165, 1.54) is 88.0 Å². The topological polar surface area (TPSA) is 25.8 Å². The molecule has 0 aliphatic heterocycles. The molecule has 0 spiro atoms. The Morgan fingerprint density at radius 3 is 1.06 bits per heavy atom. The van der Waals surface area contributed by atoms with Gasteiger partial charge in [-0.1, -0.05) is 133 Å². The summed E-state index contributed by atoms with van der Waals surface area (Å²) in [7, 11) is 0. The zero-order valence-electron chi connectivity index (χ0n) is 29.5.